The van der Waals surface area contributed by atoms with Crippen molar-refractivity contribution in [3.8, 4) is 0 Å². The van der Waals surface area contributed by atoms with Gasteiger partial charge in [0.2, 0.25) is 0 Å². The number of aliphatic hydroxyl groups is 7. The lowest BCUT2D eigenvalue weighted by atomic mass is 9.98. The van der Waals surface area contributed by atoms with Crippen molar-refractivity contribution in [2.75, 3.05) is 20.3 Å². The van der Waals surface area contributed by atoms with Crippen LogP contribution in [0.25, 0.3) is 0 Å². The molecule has 10 atom stereocenters. The van der Waals surface area contributed by atoms with Gasteiger partial charge in [0.25, 0.3) is 0 Å². The number of ether oxygens (including phenoxy) is 4. The minimum absolute atomic E-state index is 0.381. The minimum Gasteiger partial charge on any atom is -0.394 e. The standard InChI is InChI=1S/C13H24O11/c1-21-12-10(19)9(18)7(16)5(24-12)3-22-13-11(20)8(17)6(15)4(2-14)23-13/h4-20H,2-3H2,1H3/t4-,5-,6-,7-,8+,9+,10+,11+,12+,13-/m1/s1. The highest BCUT2D eigenvalue weighted by atomic mass is 16.7. The largest absolute Gasteiger partial charge is 0.394 e. The number of aliphatic hydroxyl groups excluding tert-OH is 7. The maximum atomic E-state index is 9.91. The molecule has 0 amide bonds. The Balaban J connectivity index is 1.96. The Morgan fingerprint density at radius 2 is 1.21 bits per heavy atom. The highest BCUT2D eigenvalue weighted by Gasteiger charge is 2.47. The molecule has 0 bridgehead atoms. The monoisotopic (exact) mass is 356 g/mol. The van der Waals surface area contributed by atoms with Gasteiger partial charge in [-0.2, -0.15) is 0 Å². The van der Waals surface area contributed by atoms with Crippen LogP contribution in [0.3, 0.4) is 0 Å². The summed E-state index contributed by atoms with van der Waals surface area (Å²) >= 11 is 0. The Morgan fingerprint density at radius 3 is 1.75 bits per heavy atom. The lowest BCUT2D eigenvalue weighted by Gasteiger charge is -2.42. The molecule has 2 saturated heterocycles. The Morgan fingerprint density at radius 1 is 0.708 bits per heavy atom. The van der Waals surface area contributed by atoms with Crippen LogP contribution in [0, 0.1) is 0 Å². The van der Waals surface area contributed by atoms with E-state index in [9.17, 15) is 30.6 Å². The van der Waals surface area contributed by atoms with Crippen molar-refractivity contribution in [3.05, 3.63) is 0 Å². The van der Waals surface area contributed by atoms with Gasteiger partial charge in [0, 0.05) is 7.11 Å². The van der Waals surface area contributed by atoms with Gasteiger partial charge in [0.1, 0.15) is 48.8 Å². The summed E-state index contributed by atoms with van der Waals surface area (Å²) < 4.78 is 20.5. The molecule has 2 fully saturated rings. The van der Waals surface area contributed by atoms with E-state index in [-0.39, 0.29) is 6.61 Å². The van der Waals surface area contributed by atoms with E-state index in [1.165, 1.54) is 7.11 Å². The first-order chi connectivity index (χ1) is 11.3. The van der Waals surface area contributed by atoms with Gasteiger partial charge in [-0.05, 0) is 0 Å². The number of methoxy groups -OCH3 is 1. The second-order valence-electron chi connectivity index (χ2n) is 5.78. The number of rotatable bonds is 5. The van der Waals surface area contributed by atoms with E-state index in [4.69, 9.17) is 24.1 Å². The Bertz CT molecular complexity index is 356. The van der Waals surface area contributed by atoms with Crippen molar-refractivity contribution in [1.29, 1.82) is 0 Å². The molecular weight excluding hydrogens is 332 g/mol. The minimum atomic E-state index is -1.60. The highest BCUT2D eigenvalue weighted by Crippen LogP contribution is 2.25. The zero-order valence-corrected chi connectivity index (χ0v) is 13.0. The number of hydrogen-bond acceptors (Lipinski definition) is 11. The smallest absolute Gasteiger partial charge is 0.186 e. The zero-order chi connectivity index (χ0) is 18.0. The molecule has 2 aliphatic rings. The van der Waals surface area contributed by atoms with Gasteiger partial charge < -0.3 is 54.7 Å². The van der Waals surface area contributed by atoms with E-state index in [0.717, 1.165) is 0 Å². The summed E-state index contributed by atoms with van der Waals surface area (Å²) in [4.78, 5) is 0. The second-order valence-corrected chi connectivity index (χ2v) is 5.78. The van der Waals surface area contributed by atoms with E-state index in [1.807, 2.05) is 0 Å². The van der Waals surface area contributed by atoms with E-state index in [1.54, 1.807) is 0 Å². The third-order valence-corrected chi connectivity index (χ3v) is 4.17. The van der Waals surface area contributed by atoms with Crippen LogP contribution in [-0.4, -0.2) is 117 Å². The van der Waals surface area contributed by atoms with E-state index in [0.29, 0.717) is 0 Å². The molecule has 0 spiro atoms. The molecule has 142 valence electrons. The summed E-state index contributed by atoms with van der Waals surface area (Å²) in [6, 6.07) is 0. The van der Waals surface area contributed by atoms with Crippen molar-refractivity contribution < 1.29 is 54.7 Å². The van der Waals surface area contributed by atoms with Gasteiger partial charge in [-0.1, -0.05) is 0 Å². The summed E-state index contributed by atoms with van der Waals surface area (Å²) in [5.74, 6) is 0. The molecule has 0 radical (unpaired) electrons. The maximum absolute atomic E-state index is 9.91. The van der Waals surface area contributed by atoms with Crippen LogP contribution in [0.15, 0.2) is 0 Å². The normalized spacial score (nSPS) is 50.0. The molecule has 2 aliphatic heterocycles. The Kier molecular flexibility index (Phi) is 6.87. The first-order valence-corrected chi connectivity index (χ1v) is 7.46. The SMILES string of the molecule is CO[C@H]1O[C@H](CO[C@@H]2O[C@H](CO)[C@@H](O)[C@H](O)[C@@H]2O)[C@@H](O)[C@H](O)[C@@H]1O. The molecule has 0 aromatic rings. The van der Waals surface area contributed by atoms with E-state index < -0.39 is 68.0 Å². The van der Waals surface area contributed by atoms with Gasteiger partial charge in [-0.25, -0.2) is 0 Å². The van der Waals surface area contributed by atoms with Gasteiger partial charge >= 0.3 is 0 Å². The zero-order valence-electron chi connectivity index (χ0n) is 13.0. The lowest BCUT2D eigenvalue weighted by molar-refractivity contribution is -0.328. The molecule has 2 rings (SSSR count). The average molecular weight is 356 g/mol. The molecular formula is C13H24O11. The van der Waals surface area contributed by atoms with Gasteiger partial charge in [0.15, 0.2) is 12.6 Å². The summed E-state index contributed by atoms with van der Waals surface area (Å²) in [7, 11) is 1.24. The van der Waals surface area contributed by atoms with E-state index in [2.05, 4.69) is 0 Å². The first kappa shape index (κ1) is 19.9. The summed E-state index contributed by atoms with van der Waals surface area (Å²) in [5.41, 5.74) is 0. The van der Waals surface area contributed by atoms with Crippen molar-refractivity contribution >= 4 is 0 Å². The molecule has 0 aromatic carbocycles. The van der Waals surface area contributed by atoms with Gasteiger partial charge in [0.05, 0.1) is 13.2 Å². The molecule has 11 nitrogen and oxygen atoms in total. The Hall–Kier alpha value is -0.440. The van der Waals surface area contributed by atoms with E-state index >= 15 is 0 Å². The van der Waals surface area contributed by atoms with Crippen LogP contribution in [0.2, 0.25) is 0 Å². The molecule has 0 unspecified atom stereocenters. The van der Waals surface area contributed by atoms with Crippen LogP contribution in [-0.2, 0) is 18.9 Å². The Labute approximate surface area is 137 Å². The molecule has 0 aliphatic carbocycles. The molecule has 0 saturated carbocycles. The summed E-state index contributed by atoms with van der Waals surface area (Å²) in [6.07, 6.45) is -14.0. The topological polar surface area (TPSA) is 179 Å². The van der Waals surface area contributed by atoms with Gasteiger partial charge in [-0.15, -0.1) is 0 Å². The van der Waals surface area contributed by atoms with Crippen LogP contribution < -0.4 is 0 Å². The summed E-state index contributed by atoms with van der Waals surface area (Å²) in [6.45, 7) is -0.989. The van der Waals surface area contributed by atoms with Crippen LogP contribution >= 0.6 is 0 Å². The van der Waals surface area contributed by atoms with Crippen LogP contribution in [0.4, 0.5) is 0 Å². The average Bonchev–Trinajstić information content (AvgIpc) is 2.58. The third kappa shape index (κ3) is 3.86. The first-order valence-electron chi connectivity index (χ1n) is 7.46. The molecule has 7 N–H and O–H groups in total. The molecule has 0 aromatic heterocycles. The fraction of sp³-hybridized carbons (Fsp3) is 1.00. The maximum Gasteiger partial charge on any atom is 0.186 e. The van der Waals surface area contributed by atoms with Crippen molar-refractivity contribution in [1.82, 2.24) is 0 Å². The second kappa shape index (κ2) is 8.29. The van der Waals surface area contributed by atoms with Crippen LogP contribution in [0.1, 0.15) is 0 Å². The van der Waals surface area contributed by atoms with Crippen molar-refractivity contribution in [3.63, 3.8) is 0 Å². The predicted octanol–water partition coefficient (Wildman–Crippen LogP) is -4.74. The third-order valence-electron chi connectivity index (χ3n) is 4.17. The summed E-state index contributed by atoms with van der Waals surface area (Å²) in [5, 5.41) is 67.6. The quantitative estimate of drug-likeness (QED) is 0.251. The van der Waals surface area contributed by atoms with Crippen molar-refractivity contribution in [2.24, 2.45) is 0 Å². The van der Waals surface area contributed by atoms with Gasteiger partial charge in [-0.3, -0.25) is 0 Å². The fourth-order valence-corrected chi connectivity index (χ4v) is 2.64. The highest BCUT2D eigenvalue weighted by molar-refractivity contribution is 4.91. The molecule has 24 heavy (non-hydrogen) atoms. The fourth-order valence-electron chi connectivity index (χ4n) is 2.64. The number of hydrogen-bond donors (Lipinski definition) is 7. The molecule has 2 heterocycles. The molecule has 11 heteroatoms. The van der Waals surface area contributed by atoms with Crippen LogP contribution in [0.5, 0.6) is 0 Å². The van der Waals surface area contributed by atoms with Crippen molar-refractivity contribution in [2.45, 2.75) is 61.4 Å². The predicted molar refractivity (Wildman–Crippen MR) is 73.4 cm³/mol. The lowest BCUT2D eigenvalue weighted by Crippen LogP contribution is -2.61.